The Morgan fingerprint density at radius 2 is 2.20 bits per heavy atom. The van der Waals surface area contributed by atoms with Crippen LogP contribution in [0.15, 0.2) is 18.7 Å². The second-order valence-corrected chi connectivity index (χ2v) is 6.84. The number of hydrogen-bond acceptors (Lipinski definition) is 5. The Morgan fingerprint density at radius 1 is 1.40 bits per heavy atom. The van der Waals surface area contributed by atoms with Gasteiger partial charge in [-0.15, -0.1) is 0 Å². The van der Waals surface area contributed by atoms with Crippen LogP contribution in [0.1, 0.15) is 17.0 Å². The van der Waals surface area contributed by atoms with Gasteiger partial charge in [0, 0.05) is 71.2 Å². The minimum Gasteiger partial charge on any atom is -0.370 e. The van der Waals surface area contributed by atoms with Crippen molar-refractivity contribution in [2.45, 2.75) is 25.6 Å². The lowest BCUT2D eigenvalue weighted by Crippen LogP contribution is -2.43. The predicted octanol–water partition coefficient (Wildman–Crippen LogP) is 0.185. The lowest BCUT2D eigenvalue weighted by molar-refractivity contribution is -0.134. The smallest absolute Gasteiger partial charge is 0.248 e. The molecule has 0 N–H and O–H groups in total. The maximum Gasteiger partial charge on any atom is 0.248 e. The quantitative estimate of drug-likeness (QED) is 0.747. The van der Waals surface area contributed by atoms with E-state index in [9.17, 15) is 4.79 Å². The Balaban J connectivity index is 1.69. The van der Waals surface area contributed by atoms with Crippen LogP contribution in [0.2, 0.25) is 0 Å². The first-order valence-corrected chi connectivity index (χ1v) is 8.42. The third kappa shape index (κ3) is 4.08. The molecule has 2 aromatic rings. The SMILES string of the molecule is CN(C)C(=O)COC[C@@H]1Cc2c(ncn2C)CN1Cc1cnn(C)c1. The predicted molar refractivity (Wildman–Crippen MR) is 92.7 cm³/mol. The van der Waals surface area contributed by atoms with Gasteiger partial charge in [-0.05, 0) is 0 Å². The van der Waals surface area contributed by atoms with Crippen LogP contribution in [0.5, 0.6) is 0 Å². The van der Waals surface area contributed by atoms with E-state index < -0.39 is 0 Å². The van der Waals surface area contributed by atoms with Gasteiger partial charge in [-0.25, -0.2) is 4.98 Å². The van der Waals surface area contributed by atoms with Gasteiger partial charge in [0.2, 0.25) is 5.91 Å². The van der Waals surface area contributed by atoms with Gasteiger partial charge < -0.3 is 14.2 Å². The van der Waals surface area contributed by atoms with Gasteiger partial charge in [-0.1, -0.05) is 0 Å². The van der Waals surface area contributed by atoms with Crippen LogP contribution in [0.25, 0.3) is 0 Å². The second kappa shape index (κ2) is 7.37. The lowest BCUT2D eigenvalue weighted by atomic mass is 10.0. The number of fused-ring (bicyclic) bond motifs is 1. The Labute approximate surface area is 148 Å². The van der Waals surface area contributed by atoms with E-state index in [2.05, 4.69) is 19.5 Å². The second-order valence-electron chi connectivity index (χ2n) is 6.84. The molecule has 0 radical (unpaired) electrons. The summed E-state index contributed by atoms with van der Waals surface area (Å²) < 4.78 is 9.61. The molecule has 0 unspecified atom stereocenters. The number of imidazole rings is 1. The molecular formula is C17H26N6O2. The molecule has 2 aromatic heterocycles. The molecule has 1 aliphatic rings. The number of rotatable bonds is 6. The highest BCUT2D eigenvalue weighted by molar-refractivity contribution is 5.76. The van der Waals surface area contributed by atoms with Crippen molar-refractivity contribution in [1.29, 1.82) is 0 Å². The first kappa shape index (κ1) is 17.6. The van der Waals surface area contributed by atoms with Crippen molar-refractivity contribution in [3.05, 3.63) is 35.7 Å². The van der Waals surface area contributed by atoms with Crippen molar-refractivity contribution in [3.63, 3.8) is 0 Å². The van der Waals surface area contributed by atoms with Crippen molar-refractivity contribution in [2.24, 2.45) is 14.1 Å². The van der Waals surface area contributed by atoms with Crippen LogP contribution >= 0.6 is 0 Å². The van der Waals surface area contributed by atoms with E-state index in [0.29, 0.717) is 6.61 Å². The van der Waals surface area contributed by atoms with Crippen LogP contribution in [0.4, 0.5) is 0 Å². The summed E-state index contributed by atoms with van der Waals surface area (Å²) in [6.45, 7) is 2.20. The molecule has 1 amide bonds. The Kier molecular flexibility index (Phi) is 5.19. The summed E-state index contributed by atoms with van der Waals surface area (Å²) in [6, 6.07) is 0.207. The van der Waals surface area contributed by atoms with Crippen molar-refractivity contribution < 1.29 is 9.53 Å². The van der Waals surface area contributed by atoms with Gasteiger partial charge in [0.05, 0.1) is 24.8 Å². The Hall–Kier alpha value is -2.19. The Bertz CT molecular complexity index is 735. The molecular weight excluding hydrogens is 320 g/mol. The van der Waals surface area contributed by atoms with Gasteiger partial charge in [-0.2, -0.15) is 5.10 Å². The molecule has 25 heavy (non-hydrogen) atoms. The normalized spacial score (nSPS) is 17.5. The average Bonchev–Trinajstić information content (AvgIpc) is 3.13. The van der Waals surface area contributed by atoms with E-state index >= 15 is 0 Å². The van der Waals surface area contributed by atoms with Crippen LogP contribution in [0, 0.1) is 0 Å². The summed E-state index contributed by atoms with van der Waals surface area (Å²) in [5, 5.41) is 4.25. The first-order chi connectivity index (χ1) is 11.9. The third-order valence-corrected chi connectivity index (χ3v) is 4.62. The molecule has 1 aliphatic heterocycles. The summed E-state index contributed by atoms with van der Waals surface area (Å²) in [5.74, 6) is -0.0177. The molecule has 0 spiro atoms. The molecule has 0 aromatic carbocycles. The molecule has 1 atom stereocenters. The van der Waals surface area contributed by atoms with Crippen LogP contribution in [0.3, 0.4) is 0 Å². The Morgan fingerprint density at radius 3 is 2.88 bits per heavy atom. The molecule has 0 saturated carbocycles. The third-order valence-electron chi connectivity index (χ3n) is 4.62. The largest absolute Gasteiger partial charge is 0.370 e. The standard InChI is InChI=1S/C17H26N6O2/c1-20(2)17(24)11-25-10-14-5-16-15(18-12-21(16)3)9-23(14)8-13-6-19-22(4)7-13/h6-7,12,14H,5,8-11H2,1-4H3/t14-/m0/s1. The fourth-order valence-electron chi connectivity index (χ4n) is 3.12. The minimum absolute atomic E-state index is 0.0177. The van der Waals surface area contributed by atoms with Gasteiger partial charge in [-0.3, -0.25) is 14.4 Å². The van der Waals surface area contributed by atoms with Gasteiger partial charge in [0.1, 0.15) is 6.61 Å². The highest BCUT2D eigenvalue weighted by atomic mass is 16.5. The lowest BCUT2D eigenvalue weighted by Gasteiger charge is -2.35. The molecule has 0 saturated heterocycles. The molecule has 8 heteroatoms. The van der Waals surface area contributed by atoms with E-state index in [1.165, 1.54) is 5.69 Å². The van der Waals surface area contributed by atoms with Crippen LogP contribution in [-0.4, -0.2) is 68.4 Å². The number of nitrogens with zero attached hydrogens (tertiary/aromatic N) is 6. The van der Waals surface area contributed by atoms with Gasteiger partial charge in [0.15, 0.2) is 0 Å². The summed E-state index contributed by atoms with van der Waals surface area (Å²) in [7, 11) is 7.42. The fraction of sp³-hybridized carbons (Fsp3) is 0.588. The highest BCUT2D eigenvalue weighted by Crippen LogP contribution is 2.24. The van der Waals surface area contributed by atoms with E-state index in [0.717, 1.165) is 30.8 Å². The zero-order valence-corrected chi connectivity index (χ0v) is 15.3. The van der Waals surface area contributed by atoms with Crippen molar-refractivity contribution >= 4 is 5.91 Å². The van der Waals surface area contributed by atoms with E-state index in [1.54, 1.807) is 19.0 Å². The average molecular weight is 346 g/mol. The fourth-order valence-corrected chi connectivity index (χ4v) is 3.12. The number of likely N-dealkylation sites (N-methyl/N-ethyl adjacent to an activating group) is 1. The van der Waals surface area contributed by atoms with Crippen molar-refractivity contribution in [3.8, 4) is 0 Å². The van der Waals surface area contributed by atoms with Crippen LogP contribution in [-0.2, 0) is 43.1 Å². The minimum atomic E-state index is -0.0177. The topological polar surface area (TPSA) is 68.4 Å². The van der Waals surface area contributed by atoms with Gasteiger partial charge in [0.25, 0.3) is 0 Å². The monoisotopic (exact) mass is 346 g/mol. The highest BCUT2D eigenvalue weighted by Gasteiger charge is 2.29. The molecule has 8 nitrogen and oxygen atoms in total. The number of carbonyl (C=O) groups excluding carboxylic acids is 1. The van der Waals surface area contributed by atoms with Crippen molar-refractivity contribution in [1.82, 2.24) is 29.1 Å². The number of aromatic nitrogens is 4. The van der Waals surface area contributed by atoms with Crippen LogP contribution < -0.4 is 0 Å². The summed E-state index contributed by atoms with van der Waals surface area (Å²) >= 11 is 0. The van der Waals surface area contributed by atoms with E-state index in [1.807, 2.05) is 37.5 Å². The summed E-state index contributed by atoms with van der Waals surface area (Å²) in [5.41, 5.74) is 3.53. The number of hydrogen-bond donors (Lipinski definition) is 0. The molecule has 0 aliphatic carbocycles. The zero-order valence-electron chi connectivity index (χ0n) is 15.3. The number of aryl methyl sites for hydroxylation is 2. The molecule has 3 heterocycles. The zero-order chi connectivity index (χ0) is 18.0. The molecule has 0 fully saturated rings. The number of amides is 1. The van der Waals surface area contributed by atoms with E-state index in [4.69, 9.17) is 4.74 Å². The molecule has 136 valence electrons. The number of carbonyl (C=O) groups is 1. The van der Waals surface area contributed by atoms with Crippen molar-refractivity contribution in [2.75, 3.05) is 27.3 Å². The molecule has 0 bridgehead atoms. The maximum absolute atomic E-state index is 11.7. The van der Waals surface area contributed by atoms with E-state index in [-0.39, 0.29) is 18.6 Å². The number of ether oxygens (including phenoxy) is 1. The van der Waals surface area contributed by atoms with Gasteiger partial charge >= 0.3 is 0 Å². The first-order valence-electron chi connectivity index (χ1n) is 8.42. The maximum atomic E-state index is 11.7. The summed E-state index contributed by atoms with van der Waals surface area (Å²) in [6.07, 6.45) is 6.65. The molecule has 3 rings (SSSR count). The summed E-state index contributed by atoms with van der Waals surface area (Å²) in [4.78, 5) is 20.2.